The van der Waals surface area contributed by atoms with Crippen LogP contribution < -0.4 is 14.6 Å². The first-order valence-corrected chi connectivity index (χ1v) is 11.8. The molecule has 0 aromatic heterocycles. The van der Waals surface area contributed by atoms with Crippen molar-refractivity contribution in [2.45, 2.75) is 13.5 Å². The van der Waals surface area contributed by atoms with Crippen LogP contribution in [0.1, 0.15) is 23.6 Å². The van der Waals surface area contributed by atoms with Crippen molar-refractivity contribution >= 4 is 49.3 Å². The van der Waals surface area contributed by atoms with Crippen LogP contribution in [-0.2, 0) is 16.8 Å². The first kappa shape index (κ1) is 23.0. The van der Waals surface area contributed by atoms with E-state index in [1.165, 1.54) is 6.07 Å². The lowest BCUT2D eigenvalue weighted by Crippen LogP contribution is -2.19. The number of rotatable bonds is 9. The summed E-state index contributed by atoms with van der Waals surface area (Å²) in [6.07, 6.45) is 1.74. The average Bonchev–Trinajstić information content (AvgIpc) is 2.68. The molecule has 3 N–H and O–H groups in total. The van der Waals surface area contributed by atoms with Crippen molar-refractivity contribution in [2.24, 2.45) is 5.14 Å². The van der Waals surface area contributed by atoms with Gasteiger partial charge in [0.15, 0.2) is 5.75 Å². The molecule has 0 aliphatic rings. The number of nitriles is 1. The molecule has 0 aliphatic heterocycles. The van der Waals surface area contributed by atoms with Crippen LogP contribution in [0.3, 0.4) is 0 Å². The number of hydrogen-bond donors (Lipinski definition) is 2. The predicted molar refractivity (Wildman–Crippen MR) is 123 cm³/mol. The summed E-state index contributed by atoms with van der Waals surface area (Å²) in [5.74, 6) is 1.04. The minimum Gasteiger partial charge on any atom is -0.381 e. The average molecular weight is 494 g/mol. The SMILES string of the molecule is C=C/C(=C\SCC)c1cc(NCc2ccc(OS(N)(=O)=O)c(Br)c2)ccc1C#N. The Morgan fingerprint density at radius 1 is 1.38 bits per heavy atom. The van der Waals surface area contributed by atoms with E-state index in [1.54, 1.807) is 36.0 Å². The van der Waals surface area contributed by atoms with Crippen LogP contribution in [0, 0.1) is 11.3 Å². The van der Waals surface area contributed by atoms with Crippen LogP contribution in [-0.4, -0.2) is 14.2 Å². The fourth-order valence-electron chi connectivity index (χ4n) is 2.44. The topological polar surface area (TPSA) is 105 Å². The fourth-order valence-corrected chi connectivity index (χ4v) is 4.02. The molecule has 0 saturated heterocycles. The number of benzene rings is 2. The smallest absolute Gasteiger partial charge is 0.380 e. The zero-order valence-corrected chi connectivity index (χ0v) is 18.9. The highest BCUT2D eigenvalue weighted by molar-refractivity contribution is 9.10. The van der Waals surface area contributed by atoms with Crippen molar-refractivity contribution in [1.82, 2.24) is 0 Å². The van der Waals surface area contributed by atoms with Gasteiger partial charge in [0, 0.05) is 17.8 Å². The second-order valence-corrected chi connectivity index (χ2v) is 8.95. The molecule has 9 heteroatoms. The Morgan fingerprint density at radius 2 is 2.14 bits per heavy atom. The molecular formula is C20H20BrN3O3S2. The standard InChI is InChI=1S/C20H20BrN3O3S2/c1-3-15(13-28-4-2)18-10-17(7-6-16(18)11-22)24-12-14-5-8-20(19(21)9-14)27-29(23,25)26/h3,5-10,13,24H,1,4,12H2,2H3,(H2,23,25,26)/b15-13+. The van der Waals surface area contributed by atoms with Crippen molar-refractivity contribution in [2.75, 3.05) is 11.1 Å². The monoisotopic (exact) mass is 493 g/mol. The van der Waals surface area contributed by atoms with Gasteiger partial charge in [-0.3, -0.25) is 0 Å². The minimum atomic E-state index is -4.08. The Labute approximate surface area is 183 Å². The first-order valence-electron chi connectivity index (χ1n) is 8.50. The number of nitrogens with two attached hydrogens (primary N) is 1. The third-order valence-corrected chi connectivity index (χ3v) is 5.53. The Kier molecular flexibility index (Phi) is 8.34. The Bertz CT molecular complexity index is 1080. The molecular weight excluding hydrogens is 474 g/mol. The quantitative estimate of drug-likeness (QED) is 0.486. The summed E-state index contributed by atoms with van der Waals surface area (Å²) >= 11 is 4.93. The molecule has 0 aliphatic carbocycles. The Morgan fingerprint density at radius 3 is 2.72 bits per heavy atom. The second-order valence-electron chi connectivity index (χ2n) is 5.80. The summed E-state index contributed by atoms with van der Waals surface area (Å²) in [6.45, 7) is 6.39. The number of thioether (sulfide) groups is 1. The van der Waals surface area contributed by atoms with E-state index < -0.39 is 10.3 Å². The van der Waals surface area contributed by atoms with E-state index in [4.69, 9.17) is 9.32 Å². The van der Waals surface area contributed by atoms with Crippen LogP contribution in [0.5, 0.6) is 5.75 Å². The molecule has 0 atom stereocenters. The number of hydrogen-bond acceptors (Lipinski definition) is 6. The second kappa shape index (κ2) is 10.5. The van der Waals surface area contributed by atoms with E-state index in [2.05, 4.69) is 40.8 Å². The van der Waals surface area contributed by atoms with Crippen LogP contribution in [0.15, 0.2) is 58.9 Å². The van der Waals surface area contributed by atoms with E-state index >= 15 is 0 Å². The van der Waals surface area contributed by atoms with Crippen molar-refractivity contribution < 1.29 is 12.6 Å². The zero-order chi connectivity index (χ0) is 21.4. The molecule has 0 heterocycles. The maximum absolute atomic E-state index is 11.1. The van der Waals surface area contributed by atoms with E-state index in [0.717, 1.165) is 28.1 Å². The summed E-state index contributed by atoms with van der Waals surface area (Å²) in [4.78, 5) is 0. The largest absolute Gasteiger partial charge is 0.381 e. The number of nitrogens with one attached hydrogen (secondary N) is 1. The highest BCUT2D eigenvalue weighted by Crippen LogP contribution is 2.28. The maximum atomic E-state index is 11.1. The third kappa shape index (κ3) is 6.94. The van der Waals surface area contributed by atoms with Gasteiger partial charge in [0.1, 0.15) is 0 Å². The zero-order valence-electron chi connectivity index (χ0n) is 15.7. The van der Waals surface area contributed by atoms with Gasteiger partial charge in [0.2, 0.25) is 0 Å². The summed E-state index contributed by atoms with van der Waals surface area (Å²) < 4.78 is 27.3. The molecule has 0 saturated carbocycles. The maximum Gasteiger partial charge on any atom is 0.380 e. The van der Waals surface area contributed by atoms with E-state index in [-0.39, 0.29) is 5.75 Å². The molecule has 29 heavy (non-hydrogen) atoms. The summed E-state index contributed by atoms with van der Waals surface area (Å²) in [5, 5.41) is 19.6. The molecule has 0 amide bonds. The molecule has 2 aromatic rings. The lowest BCUT2D eigenvalue weighted by atomic mass is 10.0. The number of nitrogens with zero attached hydrogens (tertiary/aromatic N) is 1. The number of halogens is 1. The van der Waals surface area contributed by atoms with Crippen LogP contribution in [0.25, 0.3) is 5.57 Å². The molecule has 152 valence electrons. The molecule has 0 bridgehead atoms. The van der Waals surface area contributed by atoms with E-state index in [0.29, 0.717) is 16.6 Å². The van der Waals surface area contributed by atoms with Crippen molar-refractivity contribution in [3.05, 3.63) is 75.6 Å². The highest BCUT2D eigenvalue weighted by atomic mass is 79.9. The minimum absolute atomic E-state index is 0.117. The Hall–Kier alpha value is -2.25. The summed E-state index contributed by atoms with van der Waals surface area (Å²) in [5.41, 5.74) is 4.02. The van der Waals surface area contributed by atoms with Gasteiger partial charge >= 0.3 is 10.3 Å². The van der Waals surface area contributed by atoms with Crippen molar-refractivity contribution in [1.29, 1.82) is 5.26 Å². The summed E-state index contributed by atoms with van der Waals surface area (Å²) in [6, 6.07) is 12.7. The molecule has 0 fully saturated rings. The highest BCUT2D eigenvalue weighted by Gasteiger charge is 2.10. The van der Waals surface area contributed by atoms with Crippen LogP contribution in [0.2, 0.25) is 0 Å². The molecule has 0 spiro atoms. The van der Waals surface area contributed by atoms with Gasteiger partial charge in [0.05, 0.1) is 16.1 Å². The van der Waals surface area contributed by atoms with E-state index in [9.17, 15) is 13.7 Å². The molecule has 0 unspecified atom stereocenters. The first-order chi connectivity index (χ1) is 13.8. The fraction of sp³-hybridized carbons (Fsp3) is 0.150. The van der Waals surface area contributed by atoms with Crippen molar-refractivity contribution in [3.63, 3.8) is 0 Å². The van der Waals surface area contributed by atoms with Crippen LogP contribution in [0.4, 0.5) is 5.69 Å². The van der Waals surface area contributed by atoms with Crippen LogP contribution >= 0.6 is 27.7 Å². The molecule has 0 radical (unpaired) electrons. The Balaban J connectivity index is 2.21. The van der Waals surface area contributed by atoms with Crippen molar-refractivity contribution in [3.8, 4) is 11.8 Å². The van der Waals surface area contributed by atoms with Gasteiger partial charge in [-0.05, 0) is 68.6 Å². The van der Waals surface area contributed by atoms with Gasteiger partial charge in [0.25, 0.3) is 0 Å². The van der Waals surface area contributed by atoms with Gasteiger partial charge < -0.3 is 9.50 Å². The summed E-state index contributed by atoms with van der Waals surface area (Å²) in [7, 11) is -4.08. The molecule has 6 nitrogen and oxygen atoms in total. The lowest BCUT2D eigenvalue weighted by molar-refractivity contribution is 0.486. The lowest BCUT2D eigenvalue weighted by Gasteiger charge is -2.12. The van der Waals surface area contributed by atoms with Gasteiger partial charge in [-0.2, -0.15) is 18.8 Å². The molecule has 2 rings (SSSR count). The van der Waals surface area contributed by atoms with Gasteiger partial charge in [-0.15, -0.1) is 11.8 Å². The number of allylic oxidation sites excluding steroid dienone is 2. The molecule has 2 aromatic carbocycles. The third-order valence-electron chi connectivity index (χ3n) is 3.75. The number of anilines is 1. The van der Waals surface area contributed by atoms with Gasteiger partial charge in [-0.1, -0.05) is 25.6 Å². The van der Waals surface area contributed by atoms with E-state index in [1.807, 2.05) is 17.5 Å². The normalized spacial score (nSPS) is 11.6. The van der Waals surface area contributed by atoms with Gasteiger partial charge in [-0.25, -0.2) is 0 Å². The predicted octanol–water partition coefficient (Wildman–Crippen LogP) is 4.80.